The number of benzene rings is 3. The van der Waals surface area contributed by atoms with E-state index in [1.165, 1.54) is 11.8 Å². The number of aromatic amines is 1. The molecule has 0 radical (unpaired) electrons. The summed E-state index contributed by atoms with van der Waals surface area (Å²) in [6.45, 7) is 0. The van der Waals surface area contributed by atoms with Crippen molar-refractivity contribution in [1.82, 2.24) is 15.3 Å². The molecule has 0 aliphatic rings. The lowest BCUT2D eigenvalue weighted by Crippen LogP contribution is -2.32. The molecule has 0 spiro atoms. The lowest BCUT2D eigenvalue weighted by molar-refractivity contribution is -0.119. The first-order valence-corrected chi connectivity index (χ1v) is 10.2. The van der Waals surface area contributed by atoms with Gasteiger partial charge >= 0.3 is 0 Å². The highest BCUT2D eigenvalue weighted by Crippen LogP contribution is 2.21. The summed E-state index contributed by atoms with van der Waals surface area (Å²) in [7, 11) is 0. The van der Waals surface area contributed by atoms with Gasteiger partial charge in [-0.15, -0.1) is 11.8 Å². The van der Waals surface area contributed by atoms with Crippen molar-refractivity contribution in [3.63, 3.8) is 0 Å². The minimum absolute atomic E-state index is 0.00441. The molecular weight excluding hydrogens is 366 g/mol. The zero-order valence-corrected chi connectivity index (χ0v) is 16.2. The number of thioether (sulfide) groups is 1. The second-order valence-corrected chi connectivity index (χ2v) is 7.60. The first kappa shape index (κ1) is 18.3. The highest BCUT2D eigenvalue weighted by molar-refractivity contribution is 8.00. The quantitative estimate of drug-likeness (QED) is 0.450. The molecule has 2 N–H and O–H groups in total. The zero-order chi connectivity index (χ0) is 19.2. The summed E-state index contributed by atoms with van der Waals surface area (Å²) in [4.78, 5) is 21.8. The number of H-pyrrole nitrogens is 1. The van der Waals surface area contributed by atoms with Gasteiger partial charge < -0.3 is 10.3 Å². The van der Waals surface area contributed by atoms with Crippen molar-refractivity contribution >= 4 is 28.7 Å². The standard InChI is InChI=1S/C23H21N3OS/c27-22(16-28-18-11-5-2-6-12-18)24-21(15-17-9-3-1-4-10-17)23-25-19-13-7-8-14-20(19)26-23/h1-14,21H,15-16H2,(H,24,27)(H,25,26)/t21-/m0/s1. The zero-order valence-electron chi connectivity index (χ0n) is 15.3. The molecule has 0 bridgehead atoms. The fraction of sp³-hybridized carbons (Fsp3) is 0.130. The molecule has 5 heteroatoms. The summed E-state index contributed by atoms with van der Waals surface area (Å²) in [6.07, 6.45) is 0.683. The molecular formula is C23H21N3OS. The van der Waals surface area contributed by atoms with Crippen LogP contribution < -0.4 is 5.32 Å². The van der Waals surface area contributed by atoms with Gasteiger partial charge in [-0.25, -0.2) is 4.98 Å². The molecule has 0 saturated carbocycles. The van der Waals surface area contributed by atoms with Crippen molar-refractivity contribution in [1.29, 1.82) is 0 Å². The van der Waals surface area contributed by atoms with E-state index >= 15 is 0 Å². The Bertz CT molecular complexity index is 1010. The van der Waals surface area contributed by atoms with E-state index in [1.54, 1.807) is 0 Å². The first-order valence-electron chi connectivity index (χ1n) is 9.24. The van der Waals surface area contributed by atoms with Crippen molar-refractivity contribution < 1.29 is 4.79 Å². The van der Waals surface area contributed by atoms with Crippen LogP contribution in [0.25, 0.3) is 11.0 Å². The molecule has 0 aliphatic carbocycles. The Hall–Kier alpha value is -3.05. The van der Waals surface area contributed by atoms with Gasteiger partial charge in [-0.1, -0.05) is 60.7 Å². The minimum Gasteiger partial charge on any atom is -0.345 e. The van der Waals surface area contributed by atoms with Gasteiger partial charge in [-0.05, 0) is 36.2 Å². The van der Waals surface area contributed by atoms with Crippen LogP contribution in [0.15, 0.2) is 89.8 Å². The molecule has 140 valence electrons. The SMILES string of the molecule is O=C(CSc1ccccc1)N[C@@H](Cc1ccccc1)c1nc2ccccc2[nH]1. The van der Waals surface area contributed by atoms with Crippen LogP contribution in [0.3, 0.4) is 0 Å². The van der Waals surface area contributed by atoms with Gasteiger partial charge in [-0.2, -0.15) is 0 Å². The number of hydrogen-bond acceptors (Lipinski definition) is 3. The van der Waals surface area contributed by atoms with Gasteiger partial charge in [0.1, 0.15) is 5.82 Å². The molecule has 4 aromatic rings. The number of carbonyl (C=O) groups excluding carboxylic acids is 1. The summed E-state index contributed by atoms with van der Waals surface area (Å²) >= 11 is 1.53. The van der Waals surface area contributed by atoms with Crippen LogP contribution in [-0.2, 0) is 11.2 Å². The molecule has 0 saturated heterocycles. The molecule has 1 atom stereocenters. The molecule has 1 amide bonds. The second kappa shape index (κ2) is 8.76. The summed E-state index contributed by atoms with van der Waals surface area (Å²) in [5, 5.41) is 3.16. The molecule has 3 aromatic carbocycles. The Balaban J connectivity index is 1.51. The highest BCUT2D eigenvalue weighted by Gasteiger charge is 2.19. The average molecular weight is 388 g/mol. The predicted molar refractivity (Wildman–Crippen MR) is 114 cm³/mol. The number of rotatable bonds is 7. The number of hydrogen-bond donors (Lipinski definition) is 2. The number of nitrogens with zero attached hydrogens (tertiary/aromatic N) is 1. The number of imidazole rings is 1. The maximum Gasteiger partial charge on any atom is 0.230 e. The highest BCUT2D eigenvalue weighted by atomic mass is 32.2. The van der Waals surface area contributed by atoms with Gasteiger partial charge in [0.25, 0.3) is 0 Å². The molecule has 28 heavy (non-hydrogen) atoms. The van der Waals surface area contributed by atoms with E-state index in [0.29, 0.717) is 12.2 Å². The van der Waals surface area contributed by atoms with E-state index in [1.807, 2.05) is 72.8 Å². The molecule has 4 rings (SSSR count). The van der Waals surface area contributed by atoms with Crippen molar-refractivity contribution in [2.75, 3.05) is 5.75 Å². The Kier molecular flexibility index (Phi) is 5.73. The predicted octanol–water partition coefficient (Wildman–Crippen LogP) is 4.76. The fourth-order valence-corrected chi connectivity index (χ4v) is 3.84. The molecule has 1 aromatic heterocycles. The number of carbonyl (C=O) groups is 1. The van der Waals surface area contributed by atoms with Gasteiger partial charge in [0.15, 0.2) is 0 Å². The van der Waals surface area contributed by atoms with E-state index in [4.69, 9.17) is 4.98 Å². The van der Waals surface area contributed by atoms with E-state index in [2.05, 4.69) is 22.4 Å². The third kappa shape index (κ3) is 4.61. The third-order valence-corrected chi connectivity index (χ3v) is 5.48. The first-order chi connectivity index (χ1) is 13.8. The van der Waals surface area contributed by atoms with Crippen molar-refractivity contribution in [3.05, 3.63) is 96.3 Å². The Morgan fingerprint density at radius 2 is 1.61 bits per heavy atom. The van der Waals surface area contributed by atoms with Crippen LogP contribution in [0, 0.1) is 0 Å². The number of fused-ring (bicyclic) bond motifs is 1. The maximum absolute atomic E-state index is 12.6. The van der Waals surface area contributed by atoms with E-state index < -0.39 is 0 Å². The van der Waals surface area contributed by atoms with Crippen molar-refractivity contribution in [3.8, 4) is 0 Å². The fourth-order valence-electron chi connectivity index (χ4n) is 3.11. The van der Waals surface area contributed by atoms with Gasteiger partial charge in [-0.3, -0.25) is 4.79 Å². The average Bonchev–Trinajstić information content (AvgIpc) is 3.18. The van der Waals surface area contributed by atoms with Gasteiger partial charge in [0.2, 0.25) is 5.91 Å². The Morgan fingerprint density at radius 1 is 0.929 bits per heavy atom. The van der Waals surface area contributed by atoms with E-state index in [9.17, 15) is 4.79 Å². The van der Waals surface area contributed by atoms with Crippen molar-refractivity contribution in [2.45, 2.75) is 17.4 Å². The van der Waals surface area contributed by atoms with Gasteiger partial charge in [0, 0.05) is 4.90 Å². The smallest absolute Gasteiger partial charge is 0.230 e. The van der Waals surface area contributed by atoms with Crippen LogP contribution in [0.5, 0.6) is 0 Å². The Labute approximate surface area is 168 Å². The largest absolute Gasteiger partial charge is 0.345 e. The van der Waals surface area contributed by atoms with Crippen molar-refractivity contribution in [2.24, 2.45) is 0 Å². The third-order valence-electron chi connectivity index (χ3n) is 4.47. The van der Waals surface area contributed by atoms with Crippen LogP contribution in [0.4, 0.5) is 0 Å². The van der Waals surface area contributed by atoms with Crippen LogP contribution in [0.2, 0.25) is 0 Å². The van der Waals surface area contributed by atoms with Crippen LogP contribution >= 0.6 is 11.8 Å². The number of aromatic nitrogens is 2. The summed E-state index contributed by atoms with van der Waals surface area (Å²) in [6, 6.07) is 27.8. The summed E-state index contributed by atoms with van der Waals surface area (Å²) < 4.78 is 0. The monoisotopic (exact) mass is 387 g/mol. The summed E-state index contributed by atoms with van der Waals surface area (Å²) in [5.41, 5.74) is 3.04. The molecule has 1 heterocycles. The maximum atomic E-state index is 12.6. The van der Waals surface area contributed by atoms with Crippen LogP contribution in [0.1, 0.15) is 17.4 Å². The summed E-state index contributed by atoms with van der Waals surface area (Å²) in [5.74, 6) is 1.15. The molecule has 0 aliphatic heterocycles. The normalized spacial score (nSPS) is 12.0. The number of amides is 1. The molecule has 0 unspecified atom stereocenters. The Morgan fingerprint density at radius 3 is 2.36 bits per heavy atom. The topological polar surface area (TPSA) is 57.8 Å². The lowest BCUT2D eigenvalue weighted by atomic mass is 10.1. The lowest BCUT2D eigenvalue weighted by Gasteiger charge is -2.17. The van der Waals surface area contributed by atoms with E-state index in [0.717, 1.165) is 27.3 Å². The second-order valence-electron chi connectivity index (χ2n) is 6.55. The molecule has 0 fully saturated rings. The number of nitrogens with one attached hydrogen (secondary N) is 2. The number of para-hydroxylation sites is 2. The minimum atomic E-state index is -0.210. The van der Waals surface area contributed by atoms with Crippen LogP contribution in [-0.4, -0.2) is 21.6 Å². The van der Waals surface area contributed by atoms with E-state index in [-0.39, 0.29) is 11.9 Å². The van der Waals surface area contributed by atoms with Gasteiger partial charge in [0.05, 0.1) is 22.8 Å². The molecule has 4 nitrogen and oxygen atoms in total.